The van der Waals surface area contributed by atoms with E-state index in [0.717, 1.165) is 19.5 Å². The molecule has 2 heterocycles. The van der Waals surface area contributed by atoms with Gasteiger partial charge in [0.25, 0.3) is 0 Å². The van der Waals surface area contributed by atoms with E-state index in [0.29, 0.717) is 12.1 Å². The molecule has 1 aliphatic heterocycles. The number of hydrogen-bond donors (Lipinski definition) is 3. The monoisotopic (exact) mass is 323 g/mol. The highest BCUT2D eigenvalue weighted by atomic mass is 16.3. The van der Waals surface area contributed by atoms with Crippen LogP contribution in [0, 0.1) is 0 Å². The minimum atomic E-state index is -0.488. The highest BCUT2D eigenvalue weighted by Crippen LogP contribution is 2.09. The summed E-state index contributed by atoms with van der Waals surface area (Å²) in [6.07, 6.45) is 8.51. The van der Waals surface area contributed by atoms with Gasteiger partial charge in [0.15, 0.2) is 0 Å². The Kier molecular flexibility index (Phi) is 7.35. The first-order chi connectivity index (χ1) is 11.2. The number of rotatable bonds is 8. The summed E-state index contributed by atoms with van der Waals surface area (Å²) in [5.74, 6) is 0. The largest absolute Gasteiger partial charge is 0.391 e. The van der Waals surface area contributed by atoms with Gasteiger partial charge in [-0.1, -0.05) is 19.8 Å². The molecule has 1 aliphatic rings. The minimum Gasteiger partial charge on any atom is -0.391 e. The lowest BCUT2D eigenvalue weighted by molar-refractivity contribution is 0.162. The van der Waals surface area contributed by atoms with Crippen LogP contribution >= 0.6 is 0 Å². The van der Waals surface area contributed by atoms with Gasteiger partial charge in [0.05, 0.1) is 24.5 Å². The summed E-state index contributed by atoms with van der Waals surface area (Å²) in [6.45, 7) is 6.45. The molecule has 130 valence electrons. The van der Waals surface area contributed by atoms with Crippen LogP contribution in [0.25, 0.3) is 0 Å². The van der Waals surface area contributed by atoms with E-state index in [2.05, 4.69) is 20.6 Å². The van der Waals surface area contributed by atoms with Crippen LogP contribution in [0.3, 0.4) is 0 Å². The number of amides is 2. The number of urea groups is 1. The Morgan fingerprint density at radius 3 is 2.87 bits per heavy atom. The summed E-state index contributed by atoms with van der Waals surface area (Å²) in [6, 6.07) is -0.310. The number of hydrogen-bond acceptors (Lipinski definition) is 4. The van der Waals surface area contributed by atoms with Crippen LogP contribution in [-0.4, -0.2) is 58.1 Å². The number of carbonyl (C=O) groups is 1. The van der Waals surface area contributed by atoms with E-state index < -0.39 is 6.10 Å². The highest BCUT2D eigenvalue weighted by Gasteiger charge is 2.11. The van der Waals surface area contributed by atoms with Crippen LogP contribution in [0.5, 0.6) is 0 Å². The van der Waals surface area contributed by atoms with Gasteiger partial charge in [0.1, 0.15) is 0 Å². The van der Waals surface area contributed by atoms with Crippen molar-refractivity contribution in [3.8, 4) is 0 Å². The molecular formula is C16H29N5O2. The summed E-state index contributed by atoms with van der Waals surface area (Å²) >= 11 is 0. The maximum Gasteiger partial charge on any atom is 0.319 e. The van der Waals surface area contributed by atoms with E-state index in [9.17, 15) is 9.90 Å². The number of aromatic nitrogens is 2. The number of anilines is 1. The molecule has 2 rings (SSSR count). The van der Waals surface area contributed by atoms with E-state index in [-0.39, 0.29) is 12.6 Å². The topological polar surface area (TPSA) is 82.4 Å². The zero-order valence-corrected chi connectivity index (χ0v) is 14.0. The lowest BCUT2D eigenvalue weighted by Gasteiger charge is -2.26. The van der Waals surface area contributed by atoms with E-state index in [4.69, 9.17) is 0 Å². The van der Waals surface area contributed by atoms with Gasteiger partial charge >= 0.3 is 6.03 Å². The molecule has 0 saturated carbocycles. The molecule has 0 aliphatic carbocycles. The lowest BCUT2D eigenvalue weighted by Crippen LogP contribution is -2.35. The van der Waals surface area contributed by atoms with Crippen molar-refractivity contribution in [1.29, 1.82) is 0 Å². The van der Waals surface area contributed by atoms with Crippen LogP contribution < -0.4 is 10.6 Å². The molecule has 1 aromatic rings. The summed E-state index contributed by atoms with van der Waals surface area (Å²) < 4.78 is 1.86. The first-order valence-corrected chi connectivity index (χ1v) is 8.65. The lowest BCUT2D eigenvalue weighted by atomic mass is 10.1. The average molecular weight is 323 g/mol. The second kappa shape index (κ2) is 9.52. The first kappa shape index (κ1) is 17.7. The van der Waals surface area contributed by atoms with Crippen molar-refractivity contribution in [2.45, 2.75) is 51.7 Å². The zero-order valence-electron chi connectivity index (χ0n) is 14.0. The van der Waals surface area contributed by atoms with Gasteiger partial charge < -0.3 is 20.6 Å². The van der Waals surface area contributed by atoms with Gasteiger partial charge in [-0.2, -0.15) is 5.10 Å². The van der Waals surface area contributed by atoms with Crippen molar-refractivity contribution in [3.05, 3.63) is 12.4 Å². The number of aliphatic hydroxyl groups excluding tert-OH is 1. The van der Waals surface area contributed by atoms with Crippen molar-refractivity contribution in [2.24, 2.45) is 0 Å². The number of piperidine rings is 1. The average Bonchev–Trinajstić information content (AvgIpc) is 3.00. The molecule has 1 atom stereocenters. The normalized spacial score (nSPS) is 17.0. The molecule has 0 aromatic carbocycles. The predicted octanol–water partition coefficient (Wildman–Crippen LogP) is 1.65. The van der Waals surface area contributed by atoms with Crippen molar-refractivity contribution in [2.75, 3.05) is 31.5 Å². The Bertz CT molecular complexity index is 471. The molecule has 0 spiro atoms. The molecule has 7 nitrogen and oxygen atoms in total. The van der Waals surface area contributed by atoms with Crippen LogP contribution in [-0.2, 0) is 6.54 Å². The van der Waals surface area contributed by atoms with E-state index >= 15 is 0 Å². The van der Waals surface area contributed by atoms with Gasteiger partial charge in [-0.05, 0) is 32.4 Å². The standard InChI is InChI=1S/C16H29N5O2/c1-2-6-15(22)12-17-16(23)19-14-11-18-21(13-14)10-9-20-7-4-3-5-8-20/h11,13,15,22H,2-10,12H2,1H3,(H2,17,19,23). The van der Waals surface area contributed by atoms with Gasteiger partial charge in [-0.3, -0.25) is 4.68 Å². The molecule has 23 heavy (non-hydrogen) atoms. The molecular weight excluding hydrogens is 294 g/mol. The Labute approximate surface area is 138 Å². The molecule has 2 amide bonds. The van der Waals surface area contributed by atoms with Crippen molar-refractivity contribution >= 4 is 11.7 Å². The molecule has 1 unspecified atom stereocenters. The smallest absolute Gasteiger partial charge is 0.319 e. The Hall–Kier alpha value is -1.60. The molecule has 1 fully saturated rings. The fourth-order valence-corrected chi connectivity index (χ4v) is 2.80. The minimum absolute atomic E-state index is 0.267. The van der Waals surface area contributed by atoms with Crippen molar-refractivity contribution in [3.63, 3.8) is 0 Å². The molecule has 1 aromatic heterocycles. The predicted molar refractivity (Wildman–Crippen MR) is 90.5 cm³/mol. The Balaban J connectivity index is 1.68. The first-order valence-electron chi connectivity index (χ1n) is 8.65. The quantitative estimate of drug-likeness (QED) is 0.679. The Morgan fingerprint density at radius 2 is 2.13 bits per heavy atom. The second-order valence-corrected chi connectivity index (χ2v) is 6.17. The van der Waals surface area contributed by atoms with Crippen LogP contribution in [0.2, 0.25) is 0 Å². The summed E-state index contributed by atoms with van der Waals surface area (Å²) in [5.41, 5.74) is 0.672. The zero-order chi connectivity index (χ0) is 16.5. The third-order valence-corrected chi connectivity index (χ3v) is 4.11. The van der Waals surface area contributed by atoms with E-state index in [1.807, 2.05) is 17.8 Å². The summed E-state index contributed by atoms with van der Waals surface area (Å²) in [7, 11) is 0. The van der Waals surface area contributed by atoms with Gasteiger partial charge in [-0.25, -0.2) is 4.79 Å². The number of nitrogens with zero attached hydrogens (tertiary/aromatic N) is 3. The third kappa shape index (κ3) is 6.58. The number of aliphatic hydroxyl groups is 1. The molecule has 3 N–H and O–H groups in total. The fraction of sp³-hybridized carbons (Fsp3) is 0.750. The Morgan fingerprint density at radius 1 is 1.35 bits per heavy atom. The molecule has 7 heteroatoms. The molecule has 0 radical (unpaired) electrons. The number of carbonyl (C=O) groups excluding carboxylic acids is 1. The van der Waals surface area contributed by atoms with Gasteiger partial charge in [0.2, 0.25) is 0 Å². The second-order valence-electron chi connectivity index (χ2n) is 6.17. The van der Waals surface area contributed by atoms with Crippen LogP contribution in [0.1, 0.15) is 39.0 Å². The molecule has 1 saturated heterocycles. The van der Waals surface area contributed by atoms with E-state index in [1.165, 1.54) is 32.4 Å². The maximum atomic E-state index is 11.8. The number of nitrogens with one attached hydrogen (secondary N) is 2. The SMILES string of the molecule is CCCC(O)CNC(=O)Nc1cnn(CCN2CCCCC2)c1. The van der Waals surface area contributed by atoms with Crippen molar-refractivity contribution < 1.29 is 9.90 Å². The van der Waals surface area contributed by atoms with E-state index in [1.54, 1.807) is 6.20 Å². The van der Waals surface area contributed by atoms with Crippen molar-refractivity contribution in [1.82, 2.24) is 20.0 Å². The maximum absolute atomic E-state index is 11.8. The number of likely N-dealkylation sites (tertiary alicyclic amines) is 1. The summed E-state index contributed by atoms with van der Waals surface area (Å²) in [5, 5.41) is 19.3. The summed E-state index contributed by atoms with van der Waals surface area (Å²) in [4.78, 5) is 14.2. The molecule has 0 bridgehead atoms. The van der Waals surface area contributed by atoms with Crippen LogP contribution in [0.15, 0.2) is 12.4 Å². The fourth-order valence-electron chi connectivity index (χ4n) is 2.80. The van der Waals surface area contributed by atoms with Gasteiger partial charge in [0, 0.05) is 19.3 Å². The third-order valence-electron chi connectivity index (χ3n) is 4.11. The van der Waals surface area contributed by atoms with Crippen LogP contribution in [0.4, 0.5) is 10.5 Å². The van der Waals surface area contributed by atoms with Gasteiger partial charge in [-0.15, -0.1) is 0 Å². The highest BCUT2D eigenvalue weighted by molar-refractivity contribution is 5.88.